The first kappa shape index (κ1) is 12.2. The summed E-state index contributed by atoms with van der Waals surface area (Å²) < 4.78 is 0. The third-order valence-corrected chi connectivity index (χ3v) is 3.79. The molecular weight excluding hydrogens is 228 g/mol. The summed E-state index contributed by atoms with van der Waals surface area (Å²) in [6, 6.07) is 17.5. The van der Waals surface area contributed by atoms with Crippen LogP contribution in [-0.2, 0) is 6.42 Å². The van der Waals surface area contributed by atoms with Crippen molar-refractivity contribution >= 4 is 5.57 Å². The molecule has 0 amide bonds. The summed E-state index contributed by atoms with van der Waals surface area (Å²) in [4.78, 5) is 0. The van der Waals surface area contributed by atoms with E-state index in [2.05, 4.69) is 68.0 Å². The van der Waals surface area contributed by atoms with Gasteiger partial charge in [0.05, 0.1) is 0 Å². The van der Waals surface area contributed by atoms with Gasteiger partial charge < -0.3 is 0 Å². The van der Waals surface area contributed by atoms with Gasteiger partial charge in [0.15, 0.2) is 0 Å². The van der Waals surface area contributed by atoms with Gasteiger partial charge in [-0.3, -0.25) is 0 Å². The summed E-state index contributed by atoms with van der Waals surface area (Å²) in [6.07, 6.45) is 8.16. The number of rotatable bonds is 4. The van der Waals surface area contributed by atoms with Gasteiger partial charge in [-0.05, 0) is 40.7 Å². The van der Waals surface area contributed by atoms with Gasteiger partial charge in [-0.1, -0.05) is 68.0 Å². The molecule has 1 aliphatic rings. The molecule has 0 saturated carbocycles. The lowest BCUT2D eigenvalue weighted by Crippen LogP contribution is -1.94. The summed E-state index contributed by atoms with van der Waals surface area (Å²) in [5.41, 5.74) is 6.95. The topological polar surface area (TPSA) is 0 Å². The van der Waals surface area contributed by atoms with E-state index in [-0.39, 0.29) is 0 Å². The van der Waals surface area contributed by atoms with Gasteiger partial charge >= 0.3 is 0 Å². The zero-order valence-corrected chi connectivity index (χ0v) is 11.4. The minimum Gasteiger partial charge on any atom is -0.0676 e. The zero-order valence-electron chi connectivity index (χ0n) is 11.4. The number of unbranched alkanes of at least 4 members (excludes halogenated alkanes) is 1. The van der Waals surface area contributed by atoms with Crippen LogP contribution < -0.4 is 0 Å². The van der Waals surface area contributed by atoms with E-state index in [4.69, 9.17) is 0 Å². The highest BCUT2D eigenvalue weighted by Crippen LogP contribution is 2.35. The van der Waals surface area contributed by atoms with Gasteiger partial charge in [-0.2, -0.15) is 0 Å². The van der Waals surface area contributed by atoms with E-state index in [1.54, 1.807) is 0 Å². The molecule has 1 radical (unpaired) electrons. The molecule has 2 aromatic rings. The van der Waals surface area contributed by atoms with E-state index in [0.717, 1.165) is 0 Å². The highest BCUT2D eigenvalue weighted by molar-refractivity contribution is 5.88. The van der Waals surface area contributed by atoms with Crippen molar-refractivity contribution in [2.75, 3.05) is 0 Å². The third-order valence-electron chi connectivity index (χ3n) is 3.79. The molecule has 2 aromatic carbocycles. The quantitative estimate of drug-likeness (QED) is 0.711. The first-order valence-electron chi connectivity index (χ1n) is 7.13. The predicted molar refractivity (Wildman–Crippen MR) is 82.0 cm³/mol. The lowest BCUT2D eigenvalue weighted by Gasteiger charge is -2.11. The second kappa shape index (κ2) is 5.44. The number of hydrogen-bond donors (Lipinski definition) is 0. The Morgan fingerprint density at radius 3 is 2.42 bits per heavy atom. The fourth-order valence-corrected chi connectivity index (χ4v) is 2.75. The van der Waals surface area contributed by atoms with Gasteiger partial charge in [0.2, 0.25) is 0 Å². The molecule has 0 heteroatoms. The van der Waals surface area contributed by atoms with Crippen molar-refractivity contribution in [1.29, 1.82) is 0 Å². The molecule has 0 fully saturated rings. The number of hydrogen-bond acceptors (Lipinski definition) is 0. The Kier molecular flexibility index (Phi) is 3.50. The van der Waals surface area contributed by atoms with E-state index < -0.39 is 0 Å². The van der Waals surface area contributed by atoms with Gasteiger partial charge in [0.25, 0.3) is 0 Å². The van der Waals surface area contributed by atoms with Crippen molar-refractivity contribution in [3.8, 4) is 0 Å². The lowest BCUT2D eigenvalue weighted by molar-refractivity contribution is 0.794. The summed E-state index contributed by atoms with van der Waals surface area (Å²) in [5.74, 6) is 0. The van der Waals surface area contributed by atoms with E-state index in [1.807, 2.05) is 0 Å². The Labute approximate surface area is 115 Å². The van der Waals surface area contributed by atoms with E-state index >= 15 is 0 Å². The normalized spacial score (nSPS) is 13.2. The molecule has 0 atom stereocenters. The second-order valence-corrected chi connectivity index (χ2v) is 5.09. The number of aryl methyl sites for hydroxylation is 1. The highest BCUT2D eigenvalue weighted by Gasteiger charge is 2.16. The van der Waals surface area contributed by atoms with Crippen molar-refractivity contribution in [2.45, 2.75) is 26.2 Å². The van der Waals surface area contributed by atoms with Crippen LogP contribution in [0.3, 0.4) is 0 Å². The van der Waals surface area contributed by atoms with Crippen molar-refractivity contribution in [1.82, 2.24) is 0 Å². The second-order valence-electron chi connectivity index (χ2n) is 5.09. The van der Waals surface area contributed by atoms with E-state index in [0.29, 0.717) is 0 Å². The van der Waals surface area contributed by atoms with Crippen LogP contribution in [-0.4, -0.2) is 0 Å². The molecular formula is C19H19. The van der Waals surface area contributed by atoms with E-state index in [1.165, 1.54) is 47.1 Å². The van der Waals surface area contributed by atoms with Crippen LogP contribution in [0.1, 0.15) is 42.0 Å². The Balaban J connectivity index is 2.00. The Morgan fingerprint density at radius 2 is 1.58 bits per heavy atom. The minimum absolute atomic E-state index is 1.17. The highest BCUT2D eigenvalue weighted by atomic mass is 14.2. The Hall–Kier alpha value is -1.82. The monoisotopic (exact) mass is 247 g/mol. The molecule has 0 heterocycles. The zero-order chi connectivity index (χ0) is 13.1. The Morgan fingerprint density at radius 1 is 0.842 bits per heavy atom. The molecule has 0 N–H and O–H groups in total. The van der Waals surface area contributed by atoms with Crippen LogP contribution in [0, 0.1) is 6.42 Å². The number of fused-ring (bicyclic) bond motifs is 1. The average Bonchev–Trinajstić information content (AvgIpc) is 2.89. The molecule has 19 heavy (non-hydrogen) atoms. The van der Waals surface area contributed by atoms with Gasteiger partial charge in [0, 0.05) is 6.42 Å². The first-order chi connectivity index (χ1) is 9.40. The SMILES string of the molecule is CCCCc1ccccc1C1=C[CH]c2ccccc21. The van der Waals surface area contributed by atoms with E-state index in [9.17, 15) is 0 Å². The molecule has 3 rings (SSSR count). The van der Waals surface area contributed by atoms with Crippen LogP contribution in [0.5, 0.6) is 0 Å². The standard InChI is InChI=1S/C19H19/c1-2-3-8-15-9-4-6-11-17(15)19-14-13-16-10-5-7-12-18(16)19/h4-7,9-14H,2-3,8H2,1H3. The fraction of sp³-hybridized carbons (Fsp3) is 0.211. The maximum atomic E-state index is 2.27. The van der Waals surface area contributed by atoms with Crippen molar-refractivity contribution in [3.63, 3.8) is 0 Å². The summed E-state index contributed by atoms with van der Waals surface area (Å²) in [6.45, 7) is 2.25. The molecule has 0 aromatic heterocycles. The van der Waals surface area contributed by atoms with Crippen LogP contribution >= 0.6 is 0 Å². The molecule has 0 unspecified atom stereocenters. The molecule has 0 spiro atoms. The molecule has 1 aliphatic carbocycles. The molecule has 0 bridgehead atoms. The van der Waals surface area contributed by atoms with Gasteiger partial charge in [-0.25, -0.2) is 0 Å². The molecule has 0 aliphatic heterocycles. The van der Waals surface area contributed by atoms with Crippen molar-refractivity contribution in [2.24, 2.45) is 0 Å². The van der Waals surface area contributed by atoms with Crippen LogP contribution in [0.25, 0.3) is 5.57 Å². The maximum Gasteiger partial charge on any atom is 0.0138 e. The first-order valence-corrected chi connectivity index (χ1v) is 7.13. The van der Waals surface area contributed by atoms with Crippen LogP contribution in [0.2, 0.25) is 0 Å². The largest absolute Gasteiger partial charge is 0.0676 e. The average molecular weight is 247 g/mol. The summed E-state index contributed by atoms with van der Waals surface area (Å²) in [7, 11) is 0. The minimum atomic E-state index is 1.17. The lowest BCUT2D eigenvalue weighted by atomic mass is 9.93. The summed E-state index contributed by atoms with van der Waals surface area (Å²) >= 11 is 0. The number of allylic oxidation sites excluding steroid dienone is 1. The molecule has 95 valence electrons. The summed E-state index contributed by atoms with van der Waals surface area (Å²) in [5, 5.41) is 0. The fourth-order valence-electron chi connectivity index (χ4n) is 2.75. The molecule has 0 saturated heterocycles. The van der Waals surface area contributed by atoms with Crippen LogP contribution in [0.15, 0.2) is 54.6 Å². The van der Waals surface area contributed by atoms with Gasteiger partial charge in [-0.15, -0.1) is 0 Å². The third kappa shape index (κ3) is 2.35. The maximum absolute atomic E-state index is 2.27. The molecule has 0 nitrogen and oxygen atoms in total. The predicted octanol–water partition coefficient (Wildman–Crippen LogP) is 5.03. The Bertz CT molecular complexity index is 605. The van der Waals surface area contributed by atoms with Crippen LogP contribution in [0.4, 0.5) is 0 Å². The number of benzene rings is 2. The van der Waals surface area contributed by atoms with Gasteiger partial charge in [0.1, 0.15) is 0 Å². The van der Waals surface area contributed by atoms with Crippen molar-refractivity contribution < 1.29 is 0 Å². The van der Waals surface area contributed by atoms with Crippen molar-refractivity contribution in [3.05, 3.63) is 83.3 Å². The smallest absolute Gasteiger partial charge is 0.0138 e.